The number of aliphatic hydroxyl groups is 1. The second-order valence-corrected chi connectivity index (χ2v) is 7.66. The van der Waals surface area contributed by atoms with Crippen LogP contribution in [-0.2, 0) is 6.54 Å². The van der Waals surface area contributed by atoms with E-state index in [1.165, 1.54) is 50.8 Å². The first-order valence-electron chi connectivity index (χ1n) is 10.2. The molecule has 0 radical (unpaired) electrons. The quantitative estimate of drug-likeness (QED) is 0.784. The van der Waals surface area contributed by atoms with Crippen LogP contribution in [0.5, 0.6) is 0 Å². The summed E-state index contributed by atoms with van der Waals surface area (Å²) in [6, 6.07) is 8.29. The molecule has 0 aromatic heterocycles. The van der Waals surface area contributed by atoms with Gasteiger partial charge in [0.05, 0.1) is 6.61 Å². The van der Waals surface area contributed by atoms with Gasteiger partial charge in [-0.1, -0.05) is 25.0 Å². The number of benzene rings is 1. The second-order valence-electron chi connectivity index (χ2n) is 7.66. The maximum Gasteiger partial charge on any atom is 0.251 e. The lowest BCUT2D eigenvalue weighted by Gasteiger charge is -2.34. The van der Waals surface area contributed by atoms with Crippen molar-refractivity contribution in [1.29, 1.82) is 0 Å². The monoisotopic (exact) mass is 359 g/mol. The Balaban J connectivity index is 1.42. The van der Waals surface area contributed by atoms with Gasteiger partial charge in [0.15, 0.2) is 0 Å². The minimum absolute atomic E-state index is 0.00733. The summed E-state index contributed by atoms with van der Waals surface area (Å²) in [5, 5.41) is 12.5. The van der Waals surface area contributed by atoms with Gasteiger partial charge < -0.3 is 10.4 Å². The third-order valence-corrected chi connectivity index (χ3v) is 5.72. The molecule has 2 aliphatic heterocycles. The minimum Gasteiger partial charge on any atom is -0.395 e. The number of rotatable bonds is 7. The Morgan fingerprint density at radius 1 is 1.04 bits per heavy atom. The molecule has 2 saturated heterocycles. The van der Waals surface area contributed by atoms with E-state index in [1.54, 1.807) is 0 Å². The molecule has 2 heterocycles. The molecule has 0 unspecified atom stereocenters. The van der Waals surface area contributed by atoms with Crippen LogP contribution >= 0.6 is 0 Å². The molecule has 2 aliphatic rings. The fraction of sp³-hybridized carbons (Fsp3) is 0.667. The van der Waals surface area contributed by atoms with Crippen LogP contribution in [0.3, 0.4) is 0 Å². The summed E-state index contributed by atoms with van der Waals surface area (Å²) < 4.78 is 0. The Morgan fingerprint density at radius 2 is 1.77 bits per heavy atom. The number of carbonyl (C=O) groups is 1. The lowest BCUT2D eigenvalue weighted by molar-refractivity contribution is 0.0849. The van der Waals surface area contributed by atoms with Crippen molar-refractivity contribution in [3.63, 3.8) is 0 Å². The van der Waals surface area contributed by atoms with E-state index in [-0.39, 0.29) is 18.6 Å². The van der Waals surface area contributed by atoms with E-state index < -0.39 is 0 Å². The molecule has 1 atom stereocenters. The van der Waals surface area contributed by atoms with E-state index >= 15 is 0 Å². The van der Waals surface area contributed by atoms with E-state index in [2.05, 4.69) is 27.2 Å². The predicted octanol–water partition coefficient (Wildman–Crippen LogP) is 2.25. The third kappa shape index (κ3) is 5.53. The summed E-state index contributed by atoms with van der Waals surface area (Å²) in [6.07, 6.45) is 7.39. The van der Waals surface area contributed by atoms with E-state index in [4.69, 9.17) is 0 Å². The Bertz CT molecular complexity index is 555. The zero-order chi connectivity index (χ0) is 18.2. The third-order valence-electron chi connectivity index (χ3n) is 5.72. The van der Waals surface area contributed by atoms with Gasteiger partial charge in [-0.25, -0.2) is 0 Å². The molecular weight excluding hydrogens is 326 g/mol. The van der Waals surface area contributed by atoms with Crippen molar-refractivity contribution in [2.24, 2.45) is 0 Å². The number of aliphatic hydroxyl groups excluding tert-OH is 1. The van der Waals surface area contributed by atoms with Gasteiger partial charge in [-0.15, -0.1) is 0 Å². The molecule has 144 valence electrons. The first-order chi connectivity index (χ1) is 12.8. The minimum atomic E-state index is -0.00733. The lowest BCUT2D eigenvalue weighted by Crippen LogP contribution is -2.45. The first-order valence-corrected chi connectivity index (χ1v) is 10.2. The van der Waals surface area contributed by atoms with E-state index in [1.807, 2.05) is 12.1 Å². The van der Waals surface area contributed by atoms with Crippen molar-refractivity contribution in [3.05, 3.63) is 35.4 Å². The summed E-state index contributed by atoms with van der Waals surface area (Å²) in [5.41, 5.74) is 2.01. The summed E-state index contributed by atoms with van der Waals surface area (Å²) in [6.45, 7) is 6.04. The predicted molar refractivity (Wildman–Crippen MR) is 104 cm³/mol. The highest BCUT2D eigenvalue weighted by Gasteiger charge is 2.21. The Hall–Kier alpha value is -1.43. The van der Waals surface area contributed by atoms with Gasteiger partial charge in [-0.2, -0.15) is 0 Å². The zero-order valence-corrected chi connectivity index (χ0v) is 15.8. The number of carbonyl (C=O) groups excluding carboxylic acids is 1. The Labute approximate surface area is 157 Å². The van der Waals surface area contributed by atoms with Crippen molar-refractivity contribution in [2.45, 2.75) is 51.1 Å². The van der Waals surface area contributed by atoms with Gasteiger partial charge in [-0.05, 0) is 63.0 Å². The van der Waals surface area contributed by atoms with Crippen LogP contribution in [0.15, 0.2) is 24.3 Å². The number of nitrogens with zero attached hydrogens (tertiary/aromatic N) is 2. The standard InChI is InChI=1S/C21H33N3O2/c25-17-20-6-2-5-14-24(20)15-11-22-21(26)19-9-7-18(8-10-19)16-23-12-3-1-4-13-23/h7-10,20,25H,1-6,11-17H2,(H,22,26)/t20-/m1/s1. The molecule has 5 nitrogen and oxygen atoms in total. The summed E-state index contributed by atoms with van der Waals surface area (Å²) in [7, 11) is 0. The average Bonchev–Trinajstić information content (AvgIpc) is 2.69. The van der Waals surface area contributed by atoms with Gasteiger partial charge in [0.2, 0.25) is 0 Å². The number of amides is 1. The van der Waals surface area contributed by atoms with Crippen LogP contribution < -0.4 is 5.32 Å². The van der Waals surface area contributed by atoms with E-state index in [0.717, 1.165) is 31.6 Å². The highest BCUT2D eigenvalue weighted by Crippen LogP contribution is 2.16. The van der Waals surface area contributed by atoms with Crippen LogP contribution in [0.2, 0.25) is 0 Å². The largest absolute Gasteiger partial charge is 0.395 e. The number of hydrogen-bond donors (Lipinski definition) is 2. The Morgan fingerprint density at radius 3 is 2.50 bits per heavy atom. The summed E-state index contributed by atoms with van der Waals surface area (Å²) in [5.74, 6) is -0.00733. The molecule has 2 fully saturated rings. The topological polar surface area (TPSA) is 55.8 Å². The van der Waals surface area contributed by atoms with Crippen molar-refractivity contribution < 1.29 is 9.90 Å². The maximum atomic E-state index is 12.3. The molecule has 2 N–H and O–H groups in total. The first kappa shape index (κ1) is 19.3. The molecule has 1 aromatic rings. The Kier molecular flexibility index (Phi) is 7.47. The molecule has 5 heteroatoms. The van der Waals surface area contributed by atoms with Crippen LogP contribution in [0.25, 0.3) is 0 Å². The highest BCUT2D eigenvalue weighted by molar-refractivity contribution is 5.94. The average molecular weight is 360 g/mol. The maximum absolute atomic E-state index is 12.3. The molecule has 0 bridgehead atoms. The molecule has 0 aliphatic carbocycles. The number of piperidine rings is 2. The van der Waals surface area contributed by atoms with Crippen LogP contribution in [-0.4, -0.2) is 66.2 Å². The normalized spacial score (nSPS) is 22.3. The van der Waals surface area contributed by atoms with Crippen molar-refractivity contribution >= 4 is 5.91 Å². The highest BCUT2D eigenvalue weighted by atomic mass is 16.3. The van der Waals surface area contributed by atoms with Crippen LogP contribution in [0.4, 0.5) is 0 Å². The zero-order valence-electron chi connectivity index (χ0n) is 15.8. The van der Waals surface area contributed by atoms with E-state index in [0.29, 0.717) is 6.54 Å². The van der Waals surface area contributed by atoms with Crippen molar-refractivity contribution in [3.8, 4) is 0 Å². The van der Waals surface area contributed by atoms with Crippen molar-refractivity contribution in [2.75, 3.05) is 39.3 Å². The van der Waals surface area contributed by atoms with Gasteiger partial charge in [-0.3, -0.25) is 14.6 Å². The van der Waals surface area contributed by atoms with Crippen molar-refractivity contribution in [1.82, 2.24) is 15.1 Å². The second kappa shape index (κ2) is 10.0. The number of nitrogens with one attached hydrogen (secondary N) is 1. The molecule has 1 amide bonds. The van der Waals surface area contributed by atoms with Gasteiger partial charge in [0.25, 0.3) is 5.91 Å². The fourth-order valence-corrected chi connectivity index (χ4v) is 4.11. The summed E-state index contributed by atoms with van der Waals surface area (Å²) in [4.78, 5) is 17.1. The van der Waals surface area contributed by atoms with Gasteiger partial charge in [0.1, 0.15) is 0 Å². The van der Waals surface area contributed by atoms with Gasteiger partial charge in [0, 0.05) is 31.2 Å². The SMILES string of the molecule is O=C(NCCN1CCCC[C@@H]1CO)c1ccc(CN2CCCCC2)cc1. The fourth-order valence-electron chi connectivity index (χ4n) is 4.11. The van der Waals surface area contributed by atoms with Crippen LogP contribution in [0, 0.1) is 0 Å². The molecular formula is C21H33N3O2. The smallest absolute Gasteiger partial charge is 0.251 e. The molecule has 26 heavy (non-hydrogen) atoms. The lowest BCUT2D eigenvalue weighted by atomic mass is 10.0. The number of likely N-dealkylation sites (tertiary alicyclic amines) is 2. The molecule has 3 rings (SSSR count). The van der Waals surface area contributed by atoms with E-state index in [9.17, 15) is 9.90 Å². The number of hydrogen-bond acceptors (Lipinski definition) is 4. The van der Waals surface area contributed by atoms with Gasteiger partial charge >= 0.3 is 0 Å². The van der Waals surface area contributed by atoms with Crippen LogP contribution in [0.1, 0.15) is 54.4 Å². The molecule has 0 spiro atoms. The molecule has 1 aromatic carbocycles. The summed E-state index contributed by atoms with van der Waals surface area (Å²) >= 11 is 0. The molecule has 0 saturated carbocycles.